The van der Waals surface area contributed by atoms with Crippen molar-refractivity contribution in [3.05, 3.63) is 53.6 Å². The van der Waals surface area contributed by atoms with Crippen molar-refractivity contribution in [2.75, 3.05) is 26.8 Å². The molecule has 0 aliphatic carbocycles. The van der Waals surface area contributed by atoms with Crippen LogP contribution in [-0.4, -0.2) is 49.0 Å². The highest BCUT2D eigenvalue weighted by atomic mass is 16.5. The third kappa shape index (κ3) is 3.79. The summed E-state index contributed by atoms with van der Waals surface area (Å²) in [7, 11) is 1.59. The molecule has 1 spiro atoms. The Hall–Kier alpha value is -3.02. The molecule has 1 amide bonds. The molecule has 6 nitrogen and oxygen atoms in total. The largest absolute Gasteiger partial charge is 0.497 e. The van der Waals surface area contributed by atoms with Crippen molar-refractivity contribution in [2.24, 2.45) is 0 Å². The van der Waals surface area contributed by atoms with E-state index in [4.69, 9.17) is 14.2 Å². The first-order valence-electron chi connectivity index (χ1n) is 9.96. The first-order chi connectivity index (χ1) is 14.0. The zero-order valence-electron chi connectivity index (χ0n) is 16.8. The van der Waals surface area contributed by atoms with Gasteiger partial charge in [-0.2, -0.15) is 0 Å². The number of likely N-dealkylation sites (tertiary alicyclic amines) is 1. The molecule has 6 heteroatoms. The smallest absolute Gasteiger partial charge is 0.253 e. The summed E-state index contributed by atoms with van der Waals surface area (Å²) in [6, 6.07) is 12.5. The minimum atomic E-state index is -0.550. The molecule has 0 radical (unpaired) electrons. The number of ketones is 1. The third-order valence-corrected chi connectivity index (χ3v) is 5.67. The third-order valence-electron chi connectivity index (χ3n) is 5.67. The second kappa shape index (κ2) is 7.78. The number of rotatable bonds is 4. The van der Waals surface area contributed by atoms with Crippen molar-refractivity contribution in [1.29, 1.82) is 0 Å². The SMILES string of the molecule is CCOc1ccc(C(=O)N2CCC3(CC2)CC(=O)c2ccc(OC)cc2O3)cc1. The van der Waals surface area contributed by atoms with Crippen LogP contribution in [0, 0.1) is 0 Å². The Morgan fingerprint density at radius 2 is 1.79 bits per heavy atom. The second-order valence-corrected chi connectivity index (χ2v) is 7.50. The van der Waals surface area contributed by atoms with E-state index in [1.54, 1.807) is 37.4 Å². The molecular formula is C23H25NO5. The van der Waals surface area contributed by atoms with E-state index in [9.17, 15) is 9.59 Å². The second-order valence-electron chi connectivity index (χ2n) is 7.50. The van der Waals surface area contributed by atoms with Crippen LogP contribution in [-0.2, 0) is 0 Å². The molecule has 0 aromatic heterocycles. The van der Waals surface area contributed by atoms with Crippen LogP contribution >= 0.6 is 0 Å². The number of methoxy groups -OCH3 is 1. The first kappa shape index (κ1) is 19.3. The summed E-state index contributed by atoms with van der Waals surface area (Å²) in [4.78, 5) is 27.3. The lowest BCUT2D eigenvalue weighted by Crippen LogP contribution is -2.52. The van der Waals surface area contributed by atoms with E-state index in [0.717, 1.165) is 5.75 Å². The number of Topliss-reactive ketones (excluding diaryl/α,β-unsaturated/α-hetero) is 1. The molecule has 2 aromatic rings. The van der Waals surface area contributed by atoms with Crippen LogP contribution in [0.5, 0.6) is 17.2 Å². The van der Waals surface area contributed by atoms with Gasteiger partial charge in [-0.1, -0.05) is 0 Å². The highest BCUT2D eigenvalue weighted by Crippen LogP contribution is 2.41. The maximum absolute atomic E-state index is 12.8. The number of amides is 1. The Labute approximate surface area is 170 Å². The lowest BCUT2D eigenvalue weighted by molar-refractivity contribution is -0.00580. The Bertz CT molecular complexity index is 913. The maximum Gasteiger partial charge on any atom is 0.253 e. The van der Waals surface area contributed by atoms with Crippen molar-refractivity contribution in [3.63, 3.8) is 0 Å². The normalized spacial score (nSPS) is 17.4. The van der Waals surface area contributed by atoms with Gasteiger partial charge in [0.15, 0.2) is 5.78 Å². The van der Waals surface area contributed by atoms with E-state index in [2.05, 4.69) is 0 Å². The van der Waals surface area contributed by atoms with Gasteiger partial charge in [-0.25, -0.2) is 0 Å². The van der Waals surface area contributed by atoms with Gasteiger partial charge in [-0.3, -0.25) is 9.59 Å². The van der Waals surface area contributed by atoms with Gasteiger partial charge in [-0.05, 0) is 43.3 Å². The Balaban J connectivity index is 1.44. The highest BCUT2D eigenvalue weighted by molar-refractivity contribution is 6.00. The lowest BCUT2D eigenvalue weighted by Gasteiger charge is -2.44. The summed E-state index contributed by atoms with van der Waals surface area (Å²) in [5.41, 5.74) is 0.691. The van der Waals surface area contributed by atoms with Crippen molar-refractivity contribution < 1.29 is 23.8 Å². The van der Waals surface area contributed by atoms with E-state index in [-0.39, 0.29) is 11.7 Å². The summed E-state index contributed by atoms with van der Waals surface area (Å²) in [5, 5.41) is 0. The van der Waals surface area contributed by atoms with Gasteiger partial charge in [0, 0.05) is 37.6 Å². The number of piperidine rings is 1. The Morgan fingerprint density at radius 1 is 1.10 bits per heavy atom. The number of ether oxygens (including phenoxy) is 3. The number of fused-ring (bicyclic) bond motifs is 1. The minimum Gasteiger partial charge on any atom is -0.497 e. The van der Waals surface area contributed by atoms with Crippen LogP contribution in [0.25, 0.3) is 0 Å². The van der Waals surface area contributed by atoms with Gasteiger partial charge >= 0.3 is 0 Å². The fraction of sp³-hybridized carbons (Fsp3) is 0.391. The molecule has 4 rings (SSSR count). The Kier molecular flexibility index (Phi) is 5.18. The van der Waals surface area contributed by atoms with Crippen molar-refractivity contribution >= 4 is 11.7 Å². The monoisotopic (exact) mass is 395 g/mol. The number of nitrogens with zero attached hydrogens (tertiary/aromatic N) is 1. The molecule has 2 aliphatic rings. The minimum absolute atomic E-state index is 0.00731. The molecule has 152 valence electrons. The average Bonchev–Trinajstić information content (AvgIpc) is 2.74. The van der Waals surface area contributed by atoms with Gasteiger partial charge in [0.2, 0.25) is 0 Å². The molecular weight excluding hydrogens is 370 g/mol. The van der Waals surface area contributed by atoms with E-state index >= 15 is 0 Å². The molecule has 1 saturated heterocycles. The average molecular weight is 395 g/mol. The van der Waals surface area contributed by atoms with Crippen molar-refractivity contribution in [2.45, 2.75) is 31.8 Å². The van der Waals surface area contributed by atoms with Crippen LogP contribution in [0.3, 0.4) is 0 Å². The molecule has 0 atom stereocenters. The first-order valence-corrected chi connectivity index (χ1v) is 9.96. The highest BCUT2D eigenvalue weighted by Gasteiger charge is 2.43. The molecule has 2 heterocycles. The standard InChI is InChI=1S/C23H25NO5/c1-3-28-17-6-4-16(5-7-17)22(26)24-12-10-23(11-13-24)15-20(25)19-9-8-18(27-2)14-21(19)29-23/h4-9,14H,3,10-13,15H2,1-2H3. The summed E-state index contributed by atoms with van der Waals surface area (Å²) >= 11 is 0. The number of hydrogen-bond donors (Lipinski definition) is 0. The Morgan fingerprint density at radius 3 is 2.45 bits per heavy atom. The fourth-order valence-corrected chi connectivity index (χ4v) is 4.04. The molecule has 0 saturated carbocycles. The van der Waals surface area contributed by atoms with Gasteiger partial charge < -0.3 is 19.1 Å². The summed E-state index contributed by atoms with van der Waals surface area (Å²) in [6.45, 7) is 3.63. The van der Waals surface area contributed by atoms with Gasteiger partial charge in [0.05, 0.1) is 25.7 Å². The van der Waals surface area contributed by atoms with Crippen LogP contribution < -0.4 is 14.2 Å². The van der Waals surface area contributed by atoms with Crippen LogP contribution in [0.4, 0.5) is 0 Å². The zero-order valence-corrected chi connectivity index (χ0v) is 16.8. The number of carbonyl (C=O) groups excluding carboxylic acids is 2. The number of carbonyl (C=O) groups is 2. The van der Waals surface area contributed by atoms with Crippen LogP contribution in [0.2, 0.25) is 0 Å². The van der Waals surface area contributed by atoms with Gasteiger partial charge in [-0.15, -0.1) is 0 Å². The van der Waals surface area contributed by atoms with Crippen LogP contribution in [0.15, 0.2) is 42.5 Å². The summed E-state index contributed by atoms with van der Waals surface area (Å²) in [6.07, 6.45) is 1.59. The molecule has 2 aromatic carbocycles. The fourth-order valence-electron chi connectivity index (χ4n) is 4.04. The lowest BCUT2D eigenvalue weighted by atomic mass is 9.82. The molecule has 1 fully saturated rings. The number of benzene rings is 2. The quantitative estimate of drug-likeness (QED) is 0.789. The molecule has 0 N–H and O–H groups in total. The van der Waals surface area contributed by atoms with E-state index in [1.165, 1.54) is 0 Å². The summed E-state index contributed by atoms with van der Waals surface area (Å²) < 4.78 is 17.0. The van der Waals surface area contributed by atoms with E-state index in [1.807, 2.05) is 24.0 Å². The molecule has 0 bridgehead atoms. The number of hydrogen-bond acceptors (Lipinski definition) is 5. The van der Waals surface area contributed by atoms with E-state index in [0.29, 0.717) is 61.6 Å². The van der Waals surface area contributed by atoms with Crippen LogP contribution in [0.1, 0.15) is 46.9 Å². The summed E-state index contributed by atoms with van der Waals surface area (Å²) in [5.74, 6) is 2.07. The van der Waals surface area contributed by atoms with Crippen molar-refractivity contribution in [3.8, 4) is 17.2 Å². The molecule has 2 aliphatic heterocycles. The predicted molar refractivity (Wildman–Crippen MR) is 108 cm³/mol. The maximum atomic E-state index is 12.8. The van der Waals surface area contributed by atoms with Gasteiger partial charge in [0.25, 0.3) is 5.91 Å². The van der Waals surface area contributed by atoms with Gasteiger partial charge in [0.1, 0.15) is 22.8 Å². The zero-order chi connectivity index (χ0) is 20.4. The predicted octanol–water partition coefficient (Wildman–Crippen LogP) is 3.73. The van der Waals surface area contributed by atoms with Crippen molar-refractivity contribution in [1.82, 2.24) is 4.90 Å². The topological polar surface area (TPSA) is 65.1 Å². The van der Waals surface area contributed by atoms with E-state index < -0.39 is 5.60 Å². The molecule has 29 heavy (non-hydrogen) atoms. The molecule has 0 unspecified atom stereocenters.